The fraction of sp³-hybridized carbons (Fsp3) is 0.450. The Morgan fingerprint density at radius 2 is 1.77 bits per heavy atom. The third-order valence-corrected chi connectivity index (χ3v) is 5.20. The van der Waals surface area contributed by atoms with Crippen LogP contribution in [0.4, 0.5) is 13.2 Å². The van der Waals surface area contributed by atoms with Crippen molar-refractivity contribution in [2.45, 2.75) is 25.9 Å². The number of hydrogen-bond acceptors (Lipinski definition) is 4. The van der Waals surface area contributed by atoms with Crippen LogP contribution in [-0.4, -0.2) is 47.8 Å². The normalized spacial score (nSPS) is 16.1. The van der Waals surface area contributed by atoms with Crippen molar-refractivity contribution in [3.8, 4) is 5.69 Å². The molecule has 3 N–H and O–H groups in total. The SMILES string of the molecule is CC1(C(=O)NCCNC(=O)c2cn(-c3ccccc3)nc2C(F)(F)F)CCNCC1. The van der Waals surface area contributed by atoms with Gasteiger partial charge in [-0.15, -0.1) is 0 Å². The number of nitrogens with one attached hydrogen (secondary N) is 3. The lowest BCUT2D eigenvalue weighted by atomic mass is 9.80. The van der Waals surface area contributed by atoms with Crippen LogP contribution in [0.2, 0.25) is 0 Å². The lowest BCUT2D eigenvalue weighted by Crippen LogP contribution is -2.47. The number of benzene rings is 1. The standard InChI is InChI=1S/C20H24F3N5O2/c1-19(7-9-24-10-8-19)18(30)26-12-11-25-17(29)15-13-28(14-5-3-2-4-6-14)27-16(15)20(21,22)23/h2-6,13,24H,7-12H2,1H3,(H,25,29)(H,26,30). The van der Waals surface area contributed by atoms with Gasteiger partial charge in [0, 0.05) is 24.7 Å². The number of carbonyl (C=O) groups excluding carboxylic acids is 2. The molecule has 3 rings (SSSR count). The third-order valence-electron chi connectivity index (χ3n) is 5.20. The summed E-state index contributed by atoms with van der Waals surface area (Å²) in [5.41, 5.74) is -1.89. The predicted octanol–water partition coefficient (Wildman–Crippen LogP) is 2.13. The molecule has 2 amide bonds. The number of carbonyl (C=O) groups is 2. The van der Waals surface area contributed by atoms with Gasteiger partial charge in [0.05, 0.1) is 11.3 Å². The van der Waals surface area contributed by atoms with Gasteiger partial charge in [-0.3, -0.25) is 9.59 Å². The first-order valence-corrected chi connectivity index (χ1v) is 9.70. The van der Waals surface area contributed by atoms with Gasteiger partial charge in [-0.1, -0.05) is 25.1 Å². The molecule has 10 heteroatoms. The molecule has 1 aliphatic rings. The van der Waals surface area contributed by atoms with Crippen molar-refractivity contribution in [1.29, 1.82) is 0 Å². The number of para-hydroxylation sites is 1. The average molecular weight is 423 g/mol. The summed E-state index contributed by atoms with van der Waals surface area (Å²) in [4.78, 5) is 24.7. The molecule has 0 atom stereocenters. The molecule has 0 saturated carbocycles. The molecule has 0 bridgehead atoms. The molecular formula is C20H24F3N5O2. The smallest absolute Gasteiger partial charge is 0.354 e. The van der Waals surface area contributed by atoms with E-state index in [1.54, 1.807) is 30.3 Å². The molecule has 1 aliphatic heterocycles. The second-order valence-electron chi connectivity index (χ2n) is 7.49. The van der Waals surface area contributed by atoms with Crippen LogP contribution >= 0.6 is 0 Å². The zero-order valence-corrected chi connectivity index (χ0v) is 16.6. The largest absolute Gasteiger partial charge is 0.435 e. The maximum Gasteiger partial charge on any atom is 0.435 e. The minimum atomic E-state index is -4.77. The molecule has 162 valence electrons. The highest BCUT2D eigenvalue weighted by Gasteiger charge is 2.39. The van der Waals surface area contributed by atoms with Crippen LogP contribution in [-0.2, 0) is 11.0 Å². The molecule has 1 aromatic heterocycles. The van der Waals surface area contributed by atoms with Gasteiger partial charge in [-0.05, 0) is 38.1 Å². The van der Waals surface area contributed by atoms with E-state index in [4.69, 9.17) is 0 Å². The summed E-state index contributed by atoms with van der Waals surface area (Å²) in [6.07, 6.45) is -2.30. The lowest BCUT2D eigenvalue weighted by molar-refractivity contribution is -0.141. The van der Waals surface area contributed by atoms with Crippen molar-refractivity contribution >= 4 is 11.8 Å². The van der Waals surface area contributed by atoms with E-state index < -0.39 is 28.8 Å². The van der Waals surface area contributed by atoms with Crippen LogP contribution in [0, 0.1) is 5.41 Å². The van der Waals surface area contributed by atoms with Gasteiger partial charge in [-0.25, -0.2) is 4.68 Å². The molecule has 2 aromatic rings. The predicted molar refractivity (Wildman–Crippen MR) is 104 cm³/mol. The van der Waals surface area contributed by atoms with Gasteiger partial charge in [0.15, 0.2) is 5.69 Å². The molecular weight excluding hydrogens is 399 g/mol. The van der Waals surface area contributed by atoms with Gasteiger partial charge >= 0.3 is 6.18 Å². The highest BCUT2D eigenvalue weighted by Crippen LogP contribution is 2.31. The van der Waals surface area contributed by atoms with Crippen molar-refractivity contribution in [3.05, 3.63) is 47.8 Å². The van der Waals surface area contributed by atoms with E-state index in [1.807, 2.05) is 6.92 Å². The Morgan fingerprint density at radius 3 is 2.40 bits per heavy atom. The fourth-order valence-electron chi connectivity index (χ4n) is 3.33. The summed E-state index contributed by atoms with van der Waals surface area (Å²) in [7, 11) is 0. The Hall–Kier alpha value is -2.88. The van der Waals surface area contributed by atoms with Crippen LogP contribution in [0.5, 0.6) is 0 Å². The van der Waals surface area contributed by atoms with Crippen molar-refractivity contribution in [2.24, 2.45) is 5.41 Å². The van der Waals surface area contributed by atoms with Crippen LogP contribution in [0.1, 0.15) is 35.8 Å². The minimum absolute atomic E-state index is 0.00666. The maximum absolute atomic E-state index is 13.4. The van der Waals surface area contributed by atoms with E-state index in [-0.39, 0.29) is 19.0 Å². The molecule has 1 saturated heterocycles. The number of hydrogen-bond donors (Lipinski definition) is 3. The fourth-order valence-corrected chi connectivity index (χ4v) is 3.33. The molecule has 0 spiro atoms. The highest BCUT2D eigenvalue weighted by atomic mass is 19.4. The topological polar surface area (TPSA) is 88.1 Å². The second-order valence-corrected chi connectivity index (χ2v) is 7.49. The summed E-state index contributed by atoms with van der Waals surface area (Å²) >= 11 is 0. The summed E-state index contributed by atoms with van der Waals surface area (Å²) in [6, 6.07) is 8.23. The second kappa shape index (κ2) is 8.86. The number of aromatic nitrogens is 2. The number of nitrogens with zero attached hydrogens (tertiary/aromatic N) is 2. The monoisotopic (exact) mass is 423 g/mol. The van der Waals surface area contributed by atoms with Crippen LogP contribution in [0.3, 0.4) is 0 Å². The summed E-state index contributed by atoms with van der Waals surface area (Å²) in [6.45, 7) is 3.53. The van der Waals surface area contributed by atoms with Crippen molar-refractivity contribution in [1.82, 2.24) is 25.7 Å². The van der Waals surface area contributed by atoms with Gasteiger partial charge in [0.2, 0.25) is 5.91 Å². The Labute approximate surface area is 172 Å². The summed E-state index contributed by atoms with van der Waals surface area (Å²) in [5, 5.41) is 11.9. The van der Waals surface area contributed by atoms with E-state index in [0.717, 1.165) is 24.0 Å². The summed E-state index contributed by atoms with van der Waals surface area (Å²) < 4.78 is 41.1. The quantitative estimate of drug-likeness (QED) is 0.621. The third kappa shape index (κ3) is 4.99. The highest BCUT2D eigenvalue weighted by molar-refractivity contribution is 5.95. The number of piperidine rings is 1. The number of amides is 2. The first-order chi connectivity index (χ1) is 14.2. The van der Waals surface area contributed by atoms with Crippen LogP contribution in [0.15, 0.2) is 36.5 Å². The molecule has 30 heavy (non-hydrogen) atoms. The Bertz CT molecular complexity index is 890. The first kappa shape index (κ1) is 21.8. The van der Waals surface area contributed by atoms with E-state index in [9.17, 15) is 22.8 Å². The number of rotatable bonds is 6. The lowest BCUT2D eigenvalue weighted by Gasteiger charge is -2.32. The van der Waals surface area contributed by atoms with Gasteiger partial charge in [-0.2, -0.15) is 18.3 Å². The molecule has 0 radical (unpaired) electrons. The molecule has 0 aliphatic carbocycles. The van der Waals surface area contributed by atoms with Crippen molar-refractivity contribution in [3.63, 3.8) is 0 Å². The first-order valence-electron chi connectivity index (χ1n) is 9.70. The van der Waals surface area contributed by atoms with Crippen LogP contribution in [0.25, 0.3) is 5.69 Å². The van der Waals surface area contributed by atoms with E-state index in [2.05, 4.69) is 21.0 Å². The average Bonchev–Trinajstić information content (AvgIpc) is 3.18. The van der Waals surface area contributed by atoms with Gasteiger partial charge in [0.1, 0.15) is 0 Å². The zero-order valence-electron chi connectivity index (χ0n) is 16.6. The Kier molecular flexibility index (Phi) is 6.45. The van der Waals surface area contributed by atoms with Crippen molar-refractivity contribution < 1.29 is 22.8 Å². The van der Waals surface area contributed by atoms with Gasteiger partial charge < -0.3 is 16.0 Å². The maximum atomic E-state index is 13.4. The van der Waals surface area contributed by atoms with Crippen LogP contribution < -0.4 is 16.0 Å². The number of alkyl halides is 3. The number of halogens is 3. The summed E-state index contributed by atoms with van der Waals surface area (Å²) in [5.74, 6) is -1.02. The van der Waals surface area contributed by atoms with Gasteiger partial charge in [0.25, 0.3) is 5.91 Å². The minimum Gasteiger partial charge on any atom is -0.354 e. The van der Waals surface area contributed by atoms with E-state index >= 15 is 0 Å². The molecule has 7 nitrogen and oxygen atoms in total. The Balaban J connectivity index is 1.62. The van der Waals surface area contributed by atoms with Crippen molar-refractivity contribution in [2.75, 3.05) is 26.2 Å². The molecule has 1 aromatic carbocycles. The van der Waals surface area contributed by atoms with E-state index in [1.165, 1.54) is 0 Å². The van der Waals surface area contributed by atoms with E-state index in [0.29, 0.717) is 18.5 Å². The zero-order chi connectivity index (χ0) is 21.8. The molecule has 1 fully saturated rings. The molecule has 0 unspecified atom stereocenters. The molecule has 2 heterocycles. The Morgan fingerprint density at radius 1 is 1.13 bits per heavy atom.